The number of amides is 3. The molecule has 1 aliphatic rings. The molecule has 0 unspecified atom stereocenters. The zero-order valence-electron chi connectivity index (χ0n) is 18.4. The van der Waals surface area contributed by atoms with Crippen molar-refractivity contribution in [3.8, 4) is 5.75 Å². The van der Waals surface area contributed by atoms with E-state index in [0.717, 1.165) is 12.8 Å². The van der Waals surface area contributed by atoms with Gasteiger partial charge in [-0.2, -0.15) is 0 Å². The number of furan rings is 1. The van der Waals surface area contributed by atoms with Crippen molar-refractivity contribution in [3.63, 3.8) is 0 Å². The SMILES string of the molecule is COc1ccccc1NC(=O)N(CC(=O)N(Cc1ccco1)C[C@@H]1CCCO1)C(C)C. The summed E-state index contributed by atoms with van der Waals surface area (Å²) in [5, 5.41) is 2.85. The smallest absolute Gasteiger partial charge is 0.322 e. The van der Waals surface area contributed by atoms with Gasteiger partial charge in [-0.25, -0.2) is 4.79 Å². The zero-order chi connectivity index (χ0) is 22.2. The highest BCUT2D eigenvalue weighted by molar-refractivity contribution is 5.93. The molecule has 1 aromatic heterocycles. The number of hydrogen-bond acceptors (Lipinski definition) is 5. The number of nitrogens with zero attached hydrogens (tertiary/aromatic N) is 2. The molecule has 1 atom stereocenters. The molecule has 0 bridgehead atoms. The Morgan fingerprint density at radius 3 is 2.68 bits per heavy atom. The standard InChI is InChI=1S/C23H31N3O5/c1-17(2)26(23(28)24-20-10-4-5-11-21(20)29-3)16-22(27)25(14-18-8-6-12-30-18)15-19-9-7-13-31-19/h4-6,8,10-12,17,19H,7,9,13-16H2,1-3H3,(H,24,28)/t19-/m0/s1. The van der Waals surface area contributed by atoms with Crippen LogP contribution >= 0.6 is 0 Å². The van der Waals surface area contributed by atoms with Gasteiger partial charge in [-0.05, 0) is 51.0 Å². The van der Waals surface area contributed by atoms with Crippen molar-refractivity contribution < 1.29 is 23.5 Å². The first-order valence-electron chi connectivity index (χ1n) is 10.6. The molecule has 8 heteroatoms. The van der Waals surface area contributed by atoms with Gasteiger partial charge in [-0.3, -0.25) is 4.79 Å². The Kier molecular flexibility index (Phi) is 7.94. The number of carbonyl (C=O) groups is 2. The number of benzene rings is 1. The van der Waals surface area contributed by atoms with Crippen LogP contribution < -0.4 is 10.1 Å². The van der Waals surface area contributed by atoms with Crippen LogP contribution in [-0.4, -0.2) is 60.7 Å². The molecule has 0 spiro atoms. The van der Waals surface area contributed by atoms with Crippen LogP contribution in [0, 0.1) is 0 Å². The number of carbonyl (C=O) groups excluding carboxylic acids is 2. The van der Waals surface area contributed by atoms with Crippen LogP contribution in [0.5, 0.6) is 5.75 Å². The predicted octanol–water partition coefficient (Wildman–Crippen LogP) is 3.74. The van der Waals surface area contributed by atoms with Gasteiger partial charge in [0.1, 0.15) is 18.1 Å². The number of methoxy groups -OCH3 is 1. The van der Waals surface area contributed by atoms with E-state index in [1.807, 2.05) is 32.0 Å². The number of rotatable bonds is 9. The van der Waals surface area contributed by atoms with Crippen molar-refractivity contribution in [3.05, 3.63) is 48.4 Å². The first kappa shape index (κ1) is 22.7. The lowest BCUT2D eigenvalue weighted by molar-refractivity contribution is -0.134. The average molecular weight is 430 g/mol. The van der Waals surface area contributed by atoms with Crippen LogP contribution in [0.25, 0.3) is 0 Å². The van der Waals surface area contributed by atoms with E-state index < -0.39 is 0 Å². The summed E-state index contributed by atoms with van der Waals surface area (Å²) in [6.07, 6.45) is 3.51. The fourth-order valence-electron chi connectivity index (χ4n) is 3.55. The van der Waals surface area contributed by atoms with Gasteiger partial charge in [0.15, 0.2) is 0 Å². The van der Waals surface area contributed by atoms with Crippen LogP contribution in [-0.2, 0) is 16.1 Å². The zero-order valence-corrected chi connectivity index (χ0v) is 18.4. The van der Waals surface area contributed by atoms with Gasteiger partial charge < -0.3 is 29.0 Å². The lowest BCUT2D eigenvalue weighted by atomic mass is 10.2. The van der Waals surface area contributed by atoms with Gasteiger partial charge >= 0.3 is 6.03 Å². The molecule has 1 aromatic carbocycles. The number of para-hydroxylation sites is 2. The molecule has 3 amide bonds. The van der Waals surface area contributed by atoms with Crippen LogP contribution in [0.3, 0.4) is 0 Å². The quantitative estimate of drug-likeness (QED) is 0.656. The van der Waals surface area contributed by atoms with E-state index in [-0.39, 0.29) is 30.6 Å². The van der Waals surface area contributed by atoms with Crippen molar-refractivity contribution in [2.45, 2.75) is 45.4 Å². The minimum Gasteiger partial charge on any atom is -0.495 e. The number of hydrogen-bond donors (Lipinski definition) is 1. The molecule has 0 saturated carbocycles. The first-order chi connectivity index (χ1) is 15.0. The average Bonchev–Trinajstić information content (AvgIpc) is 3.45. The van der Waals surface area contributed by atoms with Crippen LogP contribution in [0.4, 0.5) is 10.5 Å². The normalized spacial score (nSPS) is 15.7. The molecule has 168 valence electrons. The van der Waals surface area contributed by atoms with Crippen molar-refractivity contribution in [2.24, 2.45) is 0 Å². The van der Waals surface area contributed by atoms with Crippen LogP contribution in [0.15, 0.2) is 47.1 Å². The molecule has 2 heterocycles. The molecular formula is C23H31N3O5. The third-order valence-electron chi connectivity index (χ3n) is 5.27. The summed E-state index contributed by atoms with van der Waals surface area (Å²) in [7, 11) is 1.55. The van der Waals surface area contributed by atoms with E-state index in [1.54, 1.807) is 36.5 Å². The van der Waals surface area contributed by atoms with E-state index in [0.29, 0.717) is 36.9 Å². The van der Waals surface area contributed by atoms with Crippen molar-refractivity contribution in [1.29, 1.82) is 0 Å². The highest BCUT2D eigenvalue weighted by Gasteiger charge is 2.27. The summed E-state index contributed by atoms with van der Waals surface area (Å²) in [5.74, 6) is 1.10. The van der Waals surface area contributed by atoms with Crippen LogP contribution in [0.1, 0.15) is 32.4 Å². The van der Waals surface area contributed by atoms with Crippen LogP contribution in [0.2, 0.25) is 0 Å². The Morgan fingerprint density at radius 2 is 2.03 bits per heavy atom. The maximum Gasteiger partial charge on any atom is 0.322 e. The minimum absolute atomic E-state index is 0.00817. The fraction of sp³-hybridized carbons (Fsp3) is 0.478. The Morgan fingerprint density at radius 1 is 1.23 bits per heavy atom. The van der Waals surface area contributed by atoms with Crippen molar-refractivity contribution >= 4 is 17.6 Å². The molecule has 1 aliphatic heterocycles. The Balaban J connectivity index is 1.70. The van der Waals surface area contributed by atoms with Gasteiger partial charge in [0, 0.05) is 19.2 Å². The minimum atomic E-state index is -0.358. The summed E-state index contributed by atoms with van der Waals surface area (Å²) in [5.41, 5.74) is 0.555. The highest BCUT2D eigenvalue weighted by Crippen LogP contribution is 2.24. The predicted molar refractivity (Wildman–Crippen MR) is 117 cm³/mol. The summed E-state index contributed by atoms with van der Waals surface area (Å²) < 4.78 is 16.5. The topological polar surface area (TPSA) is 84.3 Å². The Labute approximate surface area is 183 Å². The second-order valence-electron chi connectivity index (χ2n) is 7.84. The van der Waals surface area contributed by atoms with Gasteiger partial charge in [0.05, 0.1) is 31.7 Å². The molecule has 1 saturated heterocycles. The lowest BCUT2D eigenvalue weighted by Crippen LogP contribution is -2.48. The van der Waals surface area contributed by atoms with Gasteiger partial charge in [0.2, 0.25) is 5.91 Å². The molecule has 1 fully saturated rings. The molecule has 31 heavy (non-hydrogen) atoms. The largest absolute Gasteiger partial charge is 0.495 e. The number of urea groups is 1. The molecule has 1 N–H and O–H groups in total. The van der Waals surface area contributed by atoms with E-state index in [9.17, 15) is 9.59 Å². The lowest BCUT2D eigenvalue weighted by Gasteiger charge is -2.31. The number of anilines is 1. The fourth-order valence-corrected chi connectivity index (χ4v) is 3.55. The summed E-state index contributed by atoms with van der Waals surface area (Å²) in [6, 6.07) is 10.3. The van der Waals surface area contributed by atoms with Crippen molar-refractivity contribution in [2.75, 3.05) is 32.1 Å². The second-order valence-corrected chi connectivity index (χ2v) is 7.84. The van der Waals surface area contributed by atoms with E-state index in [2.05, 4.69) is 5.32 Å². The Hall–Kier alpha value is -3.00. The molecule has 2 aromatic rings. The van der Waals surface area contributed by atoms with E-state index in [4.69, 9.17) is 13.9 Å². The molecule has 0 aliphatic carbocycles. The summed E-state index contributed by atoms with van der Waals surface area (Å²) >= 11 is 0. The number of nitrogens with one attached hydrogen (secondary N) is 1. The number of ether oxygens (including phenoxy) is 2. The first-order valence-corrected chi connectivity index (χ1v) is 10.6. The van der Waals surface area contributed by atoms with E-state index in [1.165, 1.54) is 4.90 Å². The molecular weight excluding hydrogens is 398 g/mol. The molecule has 8 nitrogen and oxygen atoms in total. The molecule has 3 rings (SSSR count). The summed E-state index contributed by atoms with van der Waals surface area (Å²) in [4.78, 5) is 29.4. The second kappa shape index (κ2) is 10.9. The van der Waals surface area contributed by atoms with E-state index >= 15 is 0 Å². The van der Waals surface area contributed by atoms with Gasteiger partial charge in [-0.1, -0.05) is 12.1 Å². The maximum absolute atomic E-state index is 13.2. The molecule has 0 radical (unpaired) electrons. The highest BCUT2D eigenvalue weighted by atomic mass is 16.5. The van der Waals surface area contributed by atoms with Gasteiger partial charge in [0.25, 0.3) is 0 Å². The third kappa shape index (κ3) is 6.24. The Bertz CT molecular complexity index is 847. The third-order valence-corrected chi connectivity index (χ3v) is 5.27. The summed E-state index contributed by atoms with van der Waals surface area (Å²) in [6.45, 7) is 5.24. The monoisotopic (exact) mass is 429 g/mol. The maximum atomic E-state index is 13.2. The van der Waals surface area contributed by atoms with Gasteiger partial charge in [-0.15, -0.1) is 0 Å². The van der Waals surface area contributed by atoms with Crippen molar-refractivity contribution in [1.82, 2.24) is 9.80 Å².